The average molecular weight is 366 g/mol. The number of nitrogens with one attached hydrogen (secondary N) is 1. The van der Waals surface area contributed by atoms with Crippen LogP contribution < -0.4 is 15.8 Å². The summed E-state index contributed by atoms with van der Waals surface area (Å²) in [5, 5.41) is 3.75. The number of ether oxygens (including phenoxy) is 1. The number of anilines is 1. The van der Waals surface area contributed by atoms with Gasteiger partial charge in [0.05, 0.1) is 0 Å². The smallest absolute Gasteiger partial charge is 0.192 e. The quantitative estimate of drug-likeness (QED) is 0.497. The minimum absolute atomic E-state index is 0.352. The number of nitrogens with zero attached hydrogens (tertiary/aromatic N) is 1. The third-order valence-electron chi connectivity index (χ3n) is 3.89. The Labute approximate surface area is 158 Å². The van der Waals surface area contributed by atoms with Crippen LogP contribution in [0.15, 0.2) is 77.8 Å². The van der Waals surface area contributed by atoms with Crippen molar-refractivity contribution in [3.63, 3.8) is 0 Å². The highest BCUT2D eigenvalue weighted by Crippen LogP contribution is 2.34. The van der Waals surface area contributed by atoms with Crippen LogP contribution in [0.4, 0.5) is 5.69 Å². The second-order valence-electron chi connectivity index (χ2n) is 5.73. The lowest BCUT2D eigenvalue weighted by molar-refractivity contribution is 0.307. The van der Waals surface area contributed by atoms with Gasteiger partial charge < -0.3 is 15.8 Å². The molecule has 0 saturated carbocycles. The molecule has 3 rings (SSSR count). The van der Waals surface area contributed by atoms with Gasteiger partial charge in [0.2, 0.25) is 0 Å². The average Bonchev–Trinajstić information content (AvgIpc) is 2.68. The highest BCUT2D eigenvalue weighted by Gasteiger charge is 2.09. The van der Waals surface area contributed by atoms with Gasteiger partial charge in [0, 0.05) is 23.3 Å². The minimum atomic E-state index is 0.352. The van der Waals surface area contributed by atoms with Gasteiger partial charge in [-0.2, -0.15) is 0 Å². The first kappa shape index (κ1) is 17.8. The molecule has 0 aliphatic carbocycles. The lowest BCUT2D eigenvalue weighted by Gasteiger charge is -2.14. The summed E-state index contributed by atoms with van der Waals surface area (Å²) in [6, 6.07) is 23.5. The molecule has 4 nitrogen and oxygen atoms in total. The highest BCUT2D eigenvalue weighted by molar-refractivity contribution is 6.30. The van der Waals surface area contributed by atoms with Crippen LogP contribution in [0.25, 0.3) is 11.1 Å². The first-order valence-corrected chi connectivity index (χ1v) is 8.59. The molecular formula is C21H20ClN3O. The van der Waals surface area contributed by atoms with Gasteiger partial charge in [0.1, 0.15) is 12.4 Å². The van der Waals surface area contributed by atoms with E-state index in [2.05, 4.69) is 10.3 Å². The summed E-state index contributed by atoms with van der Waals surface area (Å²) in [7, 11) is 1.64. The molecule has 0 heterocycles. The third kappa shape index (κ3) is 4.55. The Morgan fingerprint density at radius 3 is 2.46 bits per heavy atom. The molecule has 132 valence electrons. The summed E-state index contributed by atoms with van der Waals surface area (Å²) >= 11 is 6.02. The van der Waals surface area contributed by atoms with Crippen LogP contribution >= 0.6 is 11.6 Å². The molecule has 0 spiro atoms. The van der Waals surface area contributed by atoms with E-state index in [4.69, 9.17) is 22.1 Å². The topological polar surface area (TPSA) is 59.6 Å². The first-order chi connectivity index (χ1) is 12.7. The molecule has 0 unspecified atom stereocenters. The van der Waals surface area contributed by atoms with Crippen molar-refractivity contribution < 1.29 is 4.74 Å². The number of rotatable bonds is 5. The van der Waals surface area contributed by atoms with Crippen LogP contribution in [0.3, 0.4) is 0 Å². The van der Waals surface area contributed by atoms with E-state index in [-0.39, 0.29) is 0 Å². The van der Waals surface area contributed by atoms with Gasteiger partial charge in [-0.25, -0.2) is 0 Å². The normalized spacial score (nSPS) is 11.2. The zero-order valence-corrected chi connectivity index (χ0v) is 15.2. The number of nitrogens with two attached hydrogens (primary N) is 1. The van der Waals surface area contributed by atoms with Crippen molar-refractivity contribution in [2.24, 2.45) is 10.7 Å². The fourth-order valence-corrected chi connectivity index (χ4v) is 2.65. The van der Waals surface area contributed by atoms with Crippen molar-refractivity contribution in [1.82, 2.24) is 0 Å². The van der Waals surface area contributed by atoms with Crippen LogP contribution in [0.2, 0.25) is 5.02 Å². The maximum Gasteiger partial charge on any atom is 0.192 e. The van der Waals surface area contributed by atoms with Gasteiger partial charge in [0.15, 0.2) is 5.96 Å². The predicted molar refractivity (Wildman–Crippen MR) is 109 cm³/mol. The van der Waals surface area contributed by atoms with E-state index >= 15 is 0 Å². The number of halogens is 1. The van der Waals surface area contributed by atoms with Crippen molar-refractivity contribution in [2.45, 2.75) is 6.61 Å². The van der Waals surface area contributed by atoms with E-state index < -0.39 is 0 Å². The molecule has 0 bridgehead atoms. The summed E-state index contributed by atoms with van der Waals surface area (Å²) in [4.78, 5) is 3.93. The predicted octanol–water partition coefficient (Wildman–Crippen LogP) is 4.94. The molecule has 3 aromatic carbocycles. The number of aliphatic imine (C=N–C) groups is 1. The highest BCUT2D eigenvalue weighted by atomic mass is 35.5. The first-order valence-electron chi connectivity index (χ1n) is 8.21. The molecule has 5 heteroatoms. The summed E-state index contributed by atoms with van der Waals surface area (Å²) in [5.74, 6) is 1.14. The van der Waals surface area contributed by atoms with E-state index in [9.17, 15) is 0 Å². The number of hydrogen-bond donors (Lipinski definition) is 2. The van der Waals surface area contributed by atoms with Crippen LogP contribution in [-0.2, 0) is 6.61 Å². The Kier molecular flexibility index (Phi) is 5.77. The van der Waals surface area contributed by atoms with Crippen LogP contribution in [0.5, 0.6) is 5.75 Å². The minimum Gasteiger partial charge on any atom is -0.488 e. The molecule has 0 aliphatic rings. The Balaban J connectivity index is 1.92. The maximum absolute atomic E-state index is 6.07. The van der Waals surface area contributed by atoms with Crippen LogP contribution in [-0.4, -0.2) is 13.0 Å². The Bertz CT molecular complexity index is 893. The molecule has 0 aromatic heterocycles. The Morgan fingerprint density at radius 2 is 1.77 bits per heavy atom. The molecule has 0 fully saturated rings. The van der Waals surface area contributed by atoms with Crippen molar-refractivity contribution in [3.8, 4) is 16.9 Å². The number of guanidine groups is 1. The van der Waals surface area contributed by atoms with E-state index in [1.165, 1.54) is 0 Å². The van der Waals surface area contributed by atoms with Gasteiger partial charge in [-0.05, 0) is 41.5 Å². The molecule has 26 heavy (non-hydrogen) atoms. The molecule has 0 amide bonds. The third-order valence-corrected chi connectivity index (χ3v) is 4.14. The van der Waals surface area contributed by atoms with Gasteiger partial charge in [0.25, 0.3) is 0 Å². The number of hydrogen-bond acceptors (Lipinski definition) is 2. The monoisotopic (exact) mass is 365 g/mol. The largest absolute Gasteiger partial charge is 0.488 e. The molecule has 3 N–H and O–H groups in total. The fraction of sp³-hybridized carbons (Fsp3) is 0.0952. The van der Waals surface area contributed by atoms with Crippen molar-refractivity contribution >= 4 is 23.2 Å². The second-order valence-corrected chi connectivity index (χ2v) is 6.16. The summed E-state index contributed by atoms with van der Waals surface area (Å²) in [5.41, 5.74) is 9.68. The molecule has 3 aromatic rings. The van der Waals surface area contributed by atoms with Crippen molar-refractivity contribution in [3.05, 3.63) is 83.4 Å². The SMILES string of the molecule is CN=C(N)Nc1ccc(OCc2ccccc2)c(-c2ccc(Cl)cc2)c1. The zero-order chi connectivity index (χ0) is 18.4. The van der Waals surface area contributed by atoms with Gasteiger partial charge in [-0.1, -0.05) is 54.1 Å². The maximum atomic E-state index is 6.07. The lowest BCUT2D eigenvalue weighted by Crippen LogP contribution is -2.21. The van der Waals surface area contributed by atoms with Crippen LogP contribution in [0, 0.1) is 0 Å². The molecule has 0 aliphatic heterocycles. The van der Waals surface area contributed by atoms with Crippen LogP contribution in [0.1, 0.15) is 5.56 Å². The van der Waals surface area contributed by atoms with Gasteiger partial charge in [-0.3, -0.25) is 4.99 Å². The molecule has 0 radical (unpaired) electrons. The molecular weight excluding hydrogens is 346 g/mol. The van der Waals surface area contributed by atoms with Crippen molar-refractivity contribution in [2.75, 3.05) is 12.4 Å². The van der Waals surface area contributed by atoms with E-state index in [0.717, 1.165) is 28.1 Å². The number of benzene rings is 3. The Morgan fingerprint density at radius 1 is 1.04 bits per heavy atom. The summed E-state index contributed by atoms with van der Waals surface area (Å²) in [6.45, 7) is 0.493. The molecule has 0 saturated heterocycles. The Hall–Kier alpha value is -2.98. The summed E-state index contributed by atoms with van der Waals surface area (Å²) in [6.07, 6.45) is 0. The van der Waals surface area contributed by atoms with Gasteiger partial charge >= 0.3 is 0 Å². The lowest BCUT2D eigenvalue weighted by atomic mass is 10.0. The van der Waals surface area contributed by atoms with E-state index in [1.807, 2.05) is 72.8 Å². The fourth-order valence-electron chi connectivity index (χ4n) is 2.53. The van der Waals surface area contributed by atoms with E-state index in [1.54, 1.807) is 7.05 Å². The van der Waals surface area contributed by atoms with Crippen molar-refractivity contribution in [1.29, 1.82) is 0 Å². The molecule has 0 atom stereocenters. The van der Waals surface area contributed by atoms with E-state index in [0.29, 0.717) is 17.6 Å². The second kappa shape index (κ2) is 8.41. The standard InChI is InChI=1S/C21H20ClN3O/c1-24-21(23)25-18-11-12-20(26-14-15-5-3-2-4-6-15)19(13-18)16-7-9-17(22)10-8-16/h2-13H,14H2,1H3,(H3,23,24,25). The van der Waals surface area contributed by atoms with Gasteiger partial charge in [-0.15, -0.1) is 0 Å². The summed E-state index contributed by atoms with van der Waals surface area (Å²) < 4.78 is 6.07. The zero-order valence-electron chi connectivity index (χ0n) is 14.4.